The number of carbonyl (C=O) groups is 1. The van der Waals surface area contributed by atoms with Crippen LogP contribution in [0.4, 0.5) is 5.69 Å². The van der Waals surface area contributed by atoms with Crippen molar-refractivity contribution < 1.29 is 4.79 Å². The van der Waals surface area contributed by atoms with Gasteiger partial charge < -0.3 is 5.32 Å². The van der Waals surface area contributed by atoms with Crippen molar-refractivity contribution in [3.8, 4) is 0 Å². The molecule has 3 nitrogen and oxygen atoms in total. The first-order valence-corrected chi connectivity index (χ1v) is 8.74. The van der Waals surface area contributed by atoms with Crippen molar-refractivity contribution in [1.82, 2.24) is 4.90 Å². The third kappa shape index (κ3) is 4.84. The molecule has 1 unspecified atom stereocenters. The van der Waals surface area contributed by atoms with E-state index in [0.717, 1.165) is 49.2 Å². The highest BCUT2D eigenvalue weighted by Gasteiger charge is 2.28. The van der Waals surface area contributed by atoms with E-state index in [1.807, 2.05) is 45.9 Å². The van der Waals surface area contributed by atoms with Gasteiger partial charge in [-0.1, -0.05) is 45.4 Å². The summed E-state index contributed by atoms with van der Waals surface area (Å²) < 4.78 is 0. The Morgan fingerprint density at radius 2 is 1.86 bits per heavy atom. The number of nitrogens with zero attached hydrogens (tertiary/aromatic N) is 1. The van der Waals surface area contributed by atoms with Crippen LogP contribution >= 0.6 is 0 Å². The minimum absolute atomic E-state index is 0.0442. The molecule has 124 valence electrons. The van der Waals surface area contributed by atoms with Gasteiger partial charge in [0.2, 0.25) is 5.91 Å². The molecule has 0 spiro atoms. The monoisotopic (exact) mass is 304 g/mol. The molecule has 1 atom stereocenters. The standard InChI is InChI=1S/C17H26N2O.C2H6/c1-4-11-19-12-6-5-10-15(19)17(20)18-16-13(2)8-7-9-14(16)3;1-2/h7-9,15H,4-6,10-12H2,1-3H3,(H,18,20);1-2H3. The van der Waals surface area contributed by atoms with Gasteiger partial charge in [-0.2, -0.15) is 0 Å². The fourth-order valence-electron chi connectivity index (χ4n) is 3.06. The normalized spacial score (nSPS) is 18.3. The van der Waals surface area contributed by atoms with Crippen LogP contribution in [0.25, 0.3) is 0 Å². The first-order valence-electron chi connectivity index (χ1n) is 8.74. The second-order valence-electron chi connectivity index (χ2n) is 5.80. The summed E-state index contributed by atoms with van der Waals surface area (Å²) in [5.74, 6) is 0.163. The van der Waals surface area contributed by atoms with Crippen molar-refractivity contribution in [2.45, 2.75) is 66.3 Å². The Bertz CT molecular complexity index is 448. The van der Waals surface area contributed by atoms with Crippen molar-refractivity contribution in [3.63, 3.8) is 0 Å². The molecule has 1 aliphatic heterocycles. The maximum atomic E-state index is 12.6. The van der Waals surface area contributed by atoms with E-state index in [9.17, 15) is 4.79 Å². The highest BCUT2D eigenvalue weighted by molar-refractivity contribution is 5.96. The number of amides is 1. The summed E-state index contributed by atoms with van der Waals surface area (Å²) >= 11 is 0. The highest BCUT2D eigenvalue weighted by atomic mass is 16.2. The number of benzene rings is 1. The lowest BCUT2D eigenvalue weighted by atomic mass is 10.0. The van der Waals surface area contributed by atoms with E-state index in [2.05, 4.69) is 17.1 Å². The van der Waals surface area contributed by atoms with Gasteiger partial charge in [-0.3, -0.25) is 9.69 Å². The molecule has 22 heavy (non-hydrogen) atoms. The predicted molar refractivity (Wildman–Crippen MR) is 95.4 cm³/mol. The van der Waals surface area contributed by atoms with Gasteiger partial charge >= 0.3 is 0 Å². The molecule has 1 amide bonds. The third-order valence-electron chi connectivity index (χ3n) is 4.16. The summed E-state index contributed by atoms with van der Waals surface area (Å²) in [6, 6.07) is 6.17. The van der Waals surface area contributed by atoms with Gasteiger partial charge in [0, 0.05) is 5.69 Å². The van der Waals surface area contributed by atoms with Gasteiger partial charge in [0.15, 0.2) is 0 Å². The Kier molecular flexibility index (Phi) is 8.18. The van der Waals surface area contributed by atoms with Crippen LogP contribution < -0.4 is 5.32 Å². The molecule has 2 rings (SSSR count). The molecule has 1 fully saturated rings. The molecule has 1 aromatic carbocycles. The average molecular weight is 304 g/mol. The minimum Gasteiger partial charge on any atom is -0.324 e. The number of hydrogen-bond acceptors (Lipinski definition) is 2. The number of carbonyl (C=O) groups excluding carboxylic acids is 1. The van der Waals surface area contributed by atoms with Crippen molar-refractivity contribution >= 4 is 11.6 Å². The van der Waals surface area contributed by atoms with Crippen LogP contribution in [0.15, 0.2) is 18.2 Å². The summed E-state index contributed by atoms with van der Waals surface area (Å²) in [6.45, 7) is 12.3. The Hall–Kier alpha value is -1.35. The molecule has 1 aromatic rings. The van der Waals surface area contributed by atoms with Crippen LogP contribution in [0, 0.1) is 13.8 Å². The summed E-state index contributed by atoms with van der Waals surface area (Å²) in [5.41, 5.74) is 3.26. The first-order chi connectivity index (χ1) is 10.6. The Balaban J connectivity index is 0.00000116. The molecule has 0 aromatic heterocycles. The topological polar surface area (TPSA) is 32.3 Å². The van der Waals surface area contributed by atoms with Crippen molar-refractivity contribution in [2.75, 3.05) is 18.4 Å². The SMILES string of the molecule is CC.CCCN1CCCCC1C(=O)Nc1c(C)cccc1C. The highest BCUT2D eigenvalue weighted by Crippen LogP contribution is 2.23. The van der Waals surface area contributed by atoms with Crippen LogP contribution in [-0.4, -0.2) is 29.9 Å². The molecule has 1 N–H and O–H groups in total. The number of rotatable bonds is 4. The van der Waals surface area contributed by atoms with E-state index < -0.39 is 0 Å². The van der Waals surface area contributed by atoms with E-state index in [0.29, 0.717) is 0 Å². The molecule has 1 saturated heterocycles. The molecular weight excluding hydrogens is 272 g/mol. The summed E-state index contributed by atoms with van der Waals surface area (Å²) in [5, 5.41) is 3.16. The summed E-state index contributed by atoms with van der Waals surface area (Å²) in [7, 11) is 0. The molecule has 0 radical (unpaired) electrons. The van der Waals surface area contributed by atoms with Gasteiger partial charge in [0.1, 0.15) is 0 Å². The number of nitrogens with one attached hydrogen (secondary N) is 1. The van der Waals surface area contributed by atoms with Crippen LogP contribution in [0.5, 0.6) is 0 Å². The second kappa shape index (κ2) is 9.62. The fraction of sp³-hybridized carbons (Fsp3) is 0.632. The number of anilines is 1. The van der Waals surface area contributed by atoms with Gasteiger partial charge in [-0.15, -0.1) is 0 Å². The van der Waals surface area contributed by atoms with Gasteiger partial charge in [-0.05, 0) is 57.3 Å². The molecule has 0 saturated carbocycles. The van der Waals surface area contributed by atoms with E-state index in [1.54, 1.807) is 0 Å². The number of piperidine rings is 1. The largest absolute Gasteiger partial charge is 0.324 e. The molecule has 0 bridgehead atoms. The lowest BCUT2D eigenvalue weighted by Gasteiger charge is -2.34. The Morgan fingerprint density at radius 3 is 2.45 bits per heavy atom. The van der Waals surface area contributed by atoms with Crippen LogP contribution in [0.2, 0.25) is 0 Å². The zero-order valence-corrected chi connectivity index (χ0v) is 14.9. The van der Waals surface area contributed by atoms with Gasteiger partial charge in [0.25, 0.3) is 0 Å². The molecule has 1 aliphatic rings. The number of likely N-dealkylation sites (tertiary alicyclic amines) is 1. The smallest absolute Gasteiger partial charge is 0.241 e. The van der Waals surface area contributed by atoms with Crippen molar-refractivity contribution in [2.24, 2.45) is 0 Å². The fourth-order valence-corrected chi connectivity index (χ4v) is 3.06. The maximum Gasteiger partial charge on any atom is 0.241 e. The predicted octanol–water partition coefficient (Wildman–Crippen LogP) is 4.53. The Labute approximate surface area is 136 Å². The van der Waals surface area contributed by atoms with Crippen LogP contribution in [-0.2, 0) is 4.79 Å². The molecule has 3 heteroatoms. The number of hydrogen-bond donors (Lipinski definition) is 1. The number of para-hydroxylation sites is 1. The van der Waals surface area contributed by atoms with Crippen molar-refractivity contribution in [1.29, 1.82) is 0 Å². The van der Waals surface area contributed by atoms with E-state index in [4.69, 9.17) is 0 Å². The lowest BCUT2D eigenvalue weighted by molar-refractivity contribution is -0.122. The minimum atomic E-state index is 0.0442. The van der Waals surface area contributed by atoms with E-state index in [-0.39, 0.29) is 11.9 Å². The van der Waals surface area contributed by atoms with Gasteiger partial charge in [0.05, 0.1) is 6.04 Å². The molecular formula is C19H32N2O. The zero-order chi connectivity index (χ0) is 16.5. The lowest BCUT2D eigenvalue weighted by Crippen LogP contribution is -2.47. The summed E-state index contributed by atoms with van der Waals surface area (Å²) in [6.07, 6.45) is 4.46. The maximum absolute atomic E-state index is 12.6. The third-order valence-corrected chi connectivity index (χ3v) is 4.16. The van der Waals surface area contributed by atoms with E-state index >= 15 is 0 Å². The summed E-state index contributed by atoms with van der Waals surface area (Å²) in [4.78, 5) is 14.9. The average Bonchev–Trinajstić information content (AvgIpc) is 2.54. The Morgan fingerprint density at radius 1 is 1.23 bits per heavy atom. The van der Waals surface area contributed by atoms with Crippen molar-refractivity contribution in [3.05, 3.63) is 29.3 Å². The molecule has 0 aliphatic carbocycles. The van der Waals surface area contributed by atoms with E-state index in [1.165, 1.54) is 6.42 Å². The number of aryl methyl sites for hydroxylation is 2. The van der Waals surface area contributed by atoms with Crippen LogP contribution in [0.1, 0.15) is 57.6 Å². The first kappa shape index (κ1) is 18.7. The van der Waals surface area contributed by atoms with Gasteiger partial charge in [-0.25, -0.2) is 0 Å². The quantitative estimate of drug-likeness (QED) is 0.886. The molecule has 1 heterocycles. The van der Waals surface area contributed by atoms with Crippen LogP contribution in [0.3, 0.4) is 0 Å². The second-order valence-corrected chi connectivity index (χ2v) is 5.80. The zero-order valence-electron chi connectivity index (χ0n) is 14.9.